The van der Waals surface area contributed by atoms with Gasteiger partial charge in [-0.05, 0) is 65.0 Å². The maximum atomic E-state index is 14.4. The van der Waals surface area contributed by atoms with E-state index in [1.807, 2.05) is 20.8 Å². The van der Waals surface area contributed by atoms with Crippen molar-refractivity contribution < 1.29 is 53.1 Å². The Balaban J connectivity index is 2.17. The molecule has 2 heterocycles. The number of nitrogens with one attached hydrogen (secondary N) is 11. The van der Waals surface area contributed by atoms with Gasteiger partial charge in [-0.15, -0.1) is 11.8 Å². The van der Waals surface area contributed by atoms with Crippen molar-refractivity contribution in [3.63, 3.8) is 0 Å². The molecule has 0 unspecified atom stereocenters. The summed E-state index contributed by atoms with van der Waals surface area (Å²) in [6.45, 7) is 11.0. The van der Waals surface area contributed by atoms with E-state index < -0.39 is 114 Å². The van der Waals surface area contributed by atoms with Gasteiger partial charge in [0.1, 0.15) is 36.3 Å². The highest BCUT2D eigenvalue weighted by Crippen LogP contribution is 2.24. The molecule has 1 aromatic carbocycles. The average Bonchev–Trinajstić information content (AvgIpc) is 3.29. The summed E-state index contributed by atoms with van der Waals surface area (Å²) in [5, 5.41) is 44.0. The summed E-state index contributed by atoms with van der Waals surface area (Å²) in [6.07, 6.45) is 0.387. The standard InChI is InChI=1S/C46H72N12O11S3/c1-45(2,3)37(63)31-22-70-25-35(60)52-28(15-10-11-18-51-46(4,5)6)39(65)57-32-23-71-72-24-33(43(69)55-29(40(66)56-31)19-26-13-8-7-9-14-26)58-41(67)30(20-36(61)62)53-34(59)21-50-38(64)27(54-42(32)68)16-12-17-49-44(47)48/h7-9,13-14,27-33,51H,10-12,15-25H2,1-6H3,(H,50,64)(H,52,60)(H,53,59)(H,54,68)(H,55,69)(H,56,66)(H,57,65)(H,58,67)(H,61,62)(H4,47,48,49)/t27-,28-,29-,30-,31-,32-,33-/m0/s1. The molecular weight excluding hydrogens is 993 g/mol. The Morgan fingerprint density at radius 3 is 1.81 bits per heavy atom. The third kappa shape index (κ3) is 22.9. The summed E-state index contributed by atoms with van der Waals surface area (Å²) >= 11 is 1.03. The Morgan fingerprint density at radius 2 is 1.22 bits per heavy atom. The molecule has 400 valence electrons. The minimum absolute atomic E-state index is 0.0483. The van der Waals surface area contributed by atoms with Crippen LogP contribution in [0.3, 0.4) is 0 Å². The van der Waals surface area contributed by atoms with Gasteiger partial charge in [-0.3, -0.25) is 53.4 Å². The predicted octanol–water partition coefficient (Wildman–Crippen LogP) is -1.21. The van der Waals surface area contributed by atoms with Crippen LogP contribution in [0.5, 0.6) is 0 Å². The number of carbonyl (C=O) groups excluding carboxylic acids is 9. The fourth-order valence-corrected chi connectivity index (χ4v) is 10.3. The minimum Gasteiger partial charge on any atom is -0.481 e. The lowest BCUT2D eigenvalue weighted by Gasteiger charge is -2.29. The number of Topliss-reactive ketones (excluding diaryl/α,β-unsaturated/α-hetero) is 1. The number of carbonyl (C=O) groups is 10. The summed E-state index contributed by atoms with van der Waals surface area (Å²) in [4.78, 5) is 138. The number of unbranched alkanes of at least 4 members (excludes halogenated alkanes) is 1. The van der Waals surface area contributed by atoms with Crippen molar-refractivity contribution in [1.82, 2.24) is 53.2 Å². The first-order chi connectivity index (χ1) is 33.8. The molecule has 0 aliphatic carbocycles. The number of carboxylic acid groups (broad SMARTS) is 1. The molecule has 23 nitrogen and oxygen atoms in total. The molecule has 2 aliphatic rings. The fourth-order valence-electron chi connectivity index (χ4n) is 7.15. The molecule has 2 bridgehead atoms. The zero-order chi connectivity index (χ0) is 53.6. The lowest BCUT2D eigenvalue weighted by Crippen LogP contribution is -2.60. The van der Waals surface area contributed by atoms with Gasteiger partial charge in [0, 0.05) is 41.2 Å². The van der Waals surface area contributed by atoms with E-state index in [1.165, 1.54) is 0 Å². The van der Waals surface area contributed by atoms with E-state index in [9.17, 15) is 53.1 Å². The normalized spacial score (nSPS) is 24.2. The summed E-state index contributed by atoms with van der Waals surface area (Å²) in [6, 6.07) is -0.972. The molecule has 1 aromatic rings. The van der Waals surface area contributed by atoms with Crippen molar-refractivity contribution in [3.05, 3.63) is 35.9 Å². The maximum absolute atomic E-state index is 14.4. The van der Waals surface area contributed by atoms with Crippen LogP contribution in [-0.2, 0) is 54.4 Å². The number of hydrogen-bond donors (Lipinski definition) is 13. The molecule has 2 aliphatic heterocycles. The van der Waals surface area contributed by atoms with Gasteiger partial charge in [0.2, 0.25) is 47.3 Å². The molecule has 8 amide bonds. The predicted molar refractivity (Wildman–Crippen MR) is 276 cm³/mol. The van der Waals surface area contributed by atoms with E-state index in [0.29, 0.717) is 24.9 Å². The zero-order valence-corrected chi connectivity index (χ0v) is 44.1. The van der Waals surface area contributed by atoms with Crippen LogP contribution in [-0.4, -0.2) is 161 Å². The monoisotopic (exact) mass is 1060 g/mol. The first-order valence-electron chi connectivity index (χ1n) is 23.7. The van der Waals surface area contributed by atoms with Crippen LogP contribution in [0.15, 0.2) is 30.3 Å². The van der Waals surface area contributed by atoms with Crippen LogP contribution in [0, 0.1) is 10.8 Å². The third-order valence-electron chi connectivity index (χ3n) is 10.9. The Bertz CT molecular complexity index is 2090. The number of benzene rings is 1. The molecule has 0 aromatic heterocycles. The molecule has 2 saturated heterocycles. The largest absolute Gasteiger partial charge is 0.481 e. The molecule has 0 radical (unpaired) electrons. The maximum Gasteiger partial charge on any atom is 0.305 e. The number of nitrogens with two attached hydrogens (primary N) is 1. The highest BCUT2D eigenvalue weighted by molar-refractivity contribution is 8.76. The summed E-state index contributed by atoms with van der Waals surface area (Å²) in [7, 11) is 1.97. The minimum atomic E-state index is -1.75. The topological polar surface area (TPSA) is 361 Å². The van der Waals surface area contributed by atoms with Gasteiger partial charge in [-0.2, -0.15) is 0 Å². The number of ketones is 1. The molecule has 14 N–H and O–H groups in total. The smallest absolute Gasteiger partial charge is 0.305 e. The third-order valence-corrected chi connectivity index (χ3v) is 14.4. The van der Waals surface area contributed by atoms with E-state index in [4.69, 9.17) is 11.1 Å². The Kier molecular flexibility index (Phi) is 25.1. The van der Waals surface area contributed by atoms with E-state index in [-0.39, 0.29) is 72.5 Å². The lowest BCUT2D eigenvalue weighted by atomic mass is 9.87. The van der Waals surface area contributed by atoms with Crippen LogP contribution >= 0.6 is 33.3 Å². The summed E-state index contributed by atoms with van der Waals surface area (Å²) in [5.41, 5.74) is 4.90. The second-order valence-corrected chi connectivity index (χ2v) is 23.0. The second kappa shape index (κ2) is 29.8. The number of fused-ring (bicyclic) bond motifs is 5. The van der Waals surface area contributed by atoms with Crippen molar-refractivity contribution in [2.45, 2.75) is 134 Å². The molecule has 2 fully saturated rings. The number of thioether (sulfide) groups is 1. The Labute approximate surface area is 432 Å². The first-order valence-corrected chi connectivity index (χ1v) is 27.3. The fraction of sp³-hybridized carbons (Fsp3) is 0.630. The number of amides is 8. The highest BCUT2D eigenvalue weighted by atomic mass is 33.1. The Hall–Kier alpha value is -5.60. The average molecular weight is 1070 g/mol. The first kappa shape index (κ1) is 60.7. The van der Waals surface area contributed by atoms with E-state index in [1.54, 1.807) is 51.1 Å². The Morgan fingerprint density at radius 1 is 0.667 bits per heavy atom. The second-order valence-electron chi connectivity index (χ2n) is 19.4. The van der Waals surface area contributed by atoms with Crippen molar-refractivity contribution in [2.24, 2.45) is 11.1 Å². The molecular formula is C46H72N12O11S3. The molecule has 72 heavy (non-hydrogen) atoms. The van der Waals surface area contributed by atoms with Crippen LogP contribution in [0.25, 0.3) is 0 Å². The highest BCUT2D eigenvalue weighted by Gasteiger charge is 2.37. The summed E-state index contributed by atoms with van der Waals surface area (Å²) < 4.78 is 0. The van der Waals surface area contributed by atoms with Crippen molar-refractivity contribution in [1.29, 1.82) is 5.41 Å². The van der Waals surface area contributed by atoms with Gasteiger partial charge in [-0.25, -0.2) is 0 Å². The molecule has 0 spiro atoms. The van der Waals surface area contributed by atoms with E-state index in [2.05, 4.69) is 53.2 Å². The summed E-state index contributed by atoms with van der Waals surface area (Å²) in [5.74, 6) is -9.68. The lowest BCUT2D eigenvalue weighted by molar-refractivity contribution is -0.141. The molecule has 0 saturated carbocycles. The zero-order valence-electron chi connectivity index (χ0n) is 41.7. The van der Waals surface area contributed by atoms with Gasteiger partial charge >= 0.3 is 5.97 Å². The molecule has 7 atom stereocenters. The van der Waals surface area contributed by atoms with Crippen molar-refractivity contribution >= 4 is 98.3 Å². The number of rotatable bonds is 14. The SMILES string of the molecule is CC(C)(C)NCCCC[C@@H]1NC(=O)CSC[C@@H](C(=O)C(C)(C)C)NC(=O)[C@H](Cc2ccccc2)NC(=O)[C@@H]2CSSC[C@H](NC1=O)C(=O)N[C@@H](CCCNC(=N)N)C(=O)NCC(=O)N[C@@H](CC(=O)O)C(=O)N2. The number of guanidine groups is 1. The number of carboxylic acids is 1. The van der Waals surface area contributed by atoms with Gasteiger partial charge < -0.3 is 64.0 Å². The van der Waals surface area contributed by atoms with Crippen LogP contribution in [0.4, 0.5) is 0 Å². The van der Waals surface area contributed by atoms with Crippen molar-refractivity contribution in [2.75, 3.05) is 42.6 Å². The van der Waals surface area contributed by atoms with E-state index >= 15 is 0 Å². The molecule has 3 rings (SSSR count). The number of aliphatic carboxylic acids is 1. The van der Waals surface area contributed by atoms with Gasteiger partial charge in [-0.1, -0.05) is 72.7 Å². The van der Waals surface area contributed by atoms with Crippen LogP contribution in [0.1, 0.15) is 85.6 Å². The molecule has 26 heteroatoms. The van der Waals surface area contributed by atoms with E-state index in [0.717, 1.165) is 33.3 Å². The van der Waals surface area contributed by atoms with Crippen molar-refractivity contribution in [3.8, 4) is 0 Å². The number of hydrogen-bond acceptors (Lipinski definition) is 15. The van der Waals surface area contributed by atoms with Crippen LogP contribution in [0.2, 0.25) is 0 Å². The quantitative estimate of drug-likeness (QED) is 0.0450. The van der Waals surface area contributed by atoms with Gasteiger partial charge in [0.15, 0.2) is 11.7 Å². The van der Waals surface area contributed by atoms with Gasteiger partial charge in [0.05, 0.1) is 24.8 Å². The van der Waals surface area contributed by atoms with Gasteiger partial charge in [0.25, 0.3) is 0 Å². The van der Waals surface area contributed by atoms with Crippen LogP contribution < -0.4 is 58.9 Å².